The molecule has 0 heterocycles. The molecule has 0 aliphatic heterocycles. The highest BCUT2D eigenvalue weighted by Crippen LogP contribution is 2.13. The summed E-state index contributed by atoms with van der Waals surface area (Å²) in [5, 5.41) is 0. The van der Waals surface area contributed by atoms with Crippen molar-refractivity contribution in [2.75, 3.05) is 13.2 Å². The summed E-state index contributed by atoms with van der Waals surface area (Å²) < 4.78 is 16.8. The molecular weight excluding hydrogens is 901 g/mol. The summed E-state index contributed by atoms with van der Waals surface area (Å²) in [7, 11) is 0. The molecule has 0 aliphatic rings. The van der Waals surface area contributed by atoms with Crippen molar-refractivity contribution in [1.82, 2.24) is 0 Å². The van der Waals surface area contributed by atoms with Crippen molar-refractivity contribution in [1.29, 1.82) is 0 Å². The van der Waals surface area contributed by atoms with Gasteiger partial charge >= 0.3 is 17.9 Å². The Hall–Kier alpha value is -4.71. The van der Waals surface area contributed by atoms with Gasteiger partial charge < -0.3 is 14.2 Å². The van der Waals surface area contributed by atoms with Crippen molar-refractivity contribution < 1.29 is 28.6 Å². The molecule has 0 saturated heterocycles. The van der Waals surface area contributed by atoms with E-state index in [-0.39, 0.29) is 31.1 Å². The van der Waals surface area contributed by atoms with Gasteiger partial charge in [0.25, 0.3) is 0 Å². The molecule has 0 fully saturated rings. The molecule has 1 unspecified atom stereocenters. The number of hydrogen-bond acceptors (Lipinski definition) is 6. The molecule has 410 valence electrons. The Morgan fingerprint density at radius 1 is 0.288 bits per heavy atom. The smallest absolute Gasteiger partial charge is 0.306 e. The Morgan fingerprint density at radius 3 is 0.849 bits per heavy atom. The van der Waals surface area contributed by atoms with Gasteiger partial charge in [0.1, 0.15) is 13.2 Å². The lowest BCUT2D eigenvalue weighted by Crippen LogP contribution is -2.30. The van der Waals surface area contributed by atoms with E-state index in [1.165, 1.54) is 44.9 Å². The number of allylic oxidation sites excluding steroid dienone is 24. The fourth-order valence-electron chi connectivity index (χ4n) is 7.51. The van der Waals surface area contributed by atoms with Gasteiger partial charge in [0.05, 0.1) is 0 Å². The second kappa shape index (κ2) is 59.8. The van der Waals surface area contributed by atoms with E-state index in [0.717, 1.165) is 154 Å². The molecule has 0 bridgehead atoms. The van der Waals surface area contributed by atoms with E-state index in [9.17, 15) is 14.4 Å². The normalized spacial score (nSPS) is 13.2. The molecule has 0 aromatic carbocycles. The minimum absolute atomic E-state index is 0.0983. The van der Waals surface area contributed by atoms with Gasteiger partial charge in [-0.1, -0.05) is 244 Å². The minimum atomic E-state index is -0.802. The van der Waals surface area contributed by atoms with Gasteiger partial charge in [-0.15, -0.1) is 0 Å². The predicted molar refractivity (Wildman–Crippen MR) is 315 cm³/mol. The number of carbonyl (C=O) groups excluding carboxylic acids is 3. The quantitative estimate of drug-likeness (QED) is 0.0261. The van der Waals surface area contributed by atoms with Gasteiger partial charge in [-0.2, -0.15) is 0 Å². The van der Waals surface area contributed by atoms with Gasteiger partial charge in [0.2, 0.25) is 0 Å². The lowest BCUT2D eigenvalue weighted by Gasteiger charge is -2.18. The minimum Gasteiger partial charge on any atom is -0.462 e. The lowest BCUT2D eigenvalue weighted by molar-refractivity contribution is -0.167. The average molecular weight is 1010 g/mol. The molecule has 0 aromatic rings. The first-order valence-corrected chi connectivity index (χ1v) is 29.3. The summed E-state index contributed by atoms with van der Waals surface area (Å²) in [6.07, 6.45) is 85.7. The van der Waals surface area contributed by atoms with Crippen LogP contribution in [-0.4, -0.2) is 37.2 Å². The van der Waals surface area contributed by atoms with Crippen molar-refractivity contribution in [3.05, 3.63) is 146 Å². The van der Waals surface area contributed by atoms with Crippen LogP contribution in [0, 0.1) is 0 Å². The van der Waals surface area contributed by atoms with Crippen LogP contribution in [0.2, 0.25) is 0 Å². The standard InChI is InChI=1S/C67H106O6/c1-4-7-10-13-16-18-20-22-24-26-28-30-32-33-35-36-38-40-42-44-46-48-51-54-57-60-66(69)72-63-64(62-71-65(68)59-56-53-50-15-12-9-6-3)73-67(70)61-58-55-52-49-47-45-43-41-39-37-34-31-29-27-25-23-21-19-17-14-11-8-5-2/h7-8,10-11,16-19,22-25,28-31,33,35,37-40,44,46,64H,4-6,9,12-15,20-21,26-27,32,34,36,41-43,45,47-63H2,1-3H3/b10-7-,11-8-,18-16-,19-17-,24-22-,25-23-,30-28-,31-29-,35-33-,39-37-,40-38-,46-44-. The SMILES string of the molecule is CC/C=C\C/C=C\C/C=C\C/C=C\C/C=C\C/C=C\C/C=C\CCCCCC(=O)OCC(COC(=O)CCCCCCCCC)OC(=O)CCCCCCCCC/C=C\C/C=C\C/C=C\C/C=C\C/C=C\CC. The first-order valence-electron chi connectivity index (χ1n) is 29.3. The fraction of sp³-hybridized carbons (Fsp3) is 0.597. The van der Waals surface area contributed by atoms with Crippen LogP contribution in [0.1, 0.15) is 239 Å². The van der Waals surface area contributed by atoms with Gasteiger partial charge in [-0.3, -0.25) is 14.4 Å². The Balaban J connectivity index is 4.32. The Bertz CT molecular complexity index is 1630. The van der Waals surface area contributed by atoms with Crippen LogP contribution in [0.25, 0.3) is 0 Å². The fourth-order valence-corrected chi connectivity index (χ4v) is 7.51. The maximum atomic E-state index is 12.8. The summed E-state index contributed by atoms with van der Waals surface area (Å²) in [5.41, 5.74) is 0. The molecule has 0 spiro atoms. The van der Waals surface area contributed by atoms with E-state index in [1.807, 2.05) is 0 Å². The van der Waals surface area contributed by atoms with Gasteiger partial charge in [0, 0.05) is 19.3 Å². The molecule has 73 heavy (non-hydrogen) atoms. The summed E-state index contributed by atoms with van der Waals surface area (Å²) in [6, 6.07) is 0. The second-order valence-corrected chi connectivity index (χ2v) is 18.8. The van der Waals surface area contributed by atoms with Crippen molar-refractivity contribution >= 4 is 17.9 Å². The molecule has 0 N–H and O–H groups in total. The highest BCUT2D eigenvalue weighted by molar-refractivity contribution is 5.71. The van der Waals surface area contributed by atoms with Crippen molar-refractivity contribution in [2.24, 2.45) is 0 Å². The summed E-state index contributed by atoms with van der Waals surface area (Å²) >= 11 is 0. The summed E-state index contributed by atoms with van der Waals surface area (Å²) in [5.74, 6) is -0.957. The Kier molecular flexibility index (Phi) is 56.0. The predicted octanol–water partition coefficient (Wildman–Crippen LogP) is 20.0. The van der Waals surface area contributed by atoms with Crippen LogP contribution in [0.5, 0.6) is 0 Å². The highest BCUT2D eigenvalue weighted by atomic mass is 16.6. The number of unbranched alkanes of at least 4 members (excludes halogenated alkanes) is 16. The van der Waals surface area contributed by atoms with Crippen LogP contribution in [-0.2, 0) is 28.6 Å². The molecule has 0 radical (unpaired) electrons. The van der Waals surface area contributed by atoms with Crippen LogP contribution in [0.3, 0.4) is 0 Å². The van der Waals surface area contributed by atoms with Crippen LogP contribution in [0.4, 0.5) is 0 Å². The first kappa shape index (κ1) is 68.3. The number of carbonyl (C=O) groups is 3. The maximum Gasteiger partial charge on any atom is 0.306 e. The van der Waals surface area contributed by atoms with Gasteiger partial charge in [0.15, 0.2) is 6.10 Å². The molecule has 0 amide bonds. The van der Waals surface area contributed by atoms with E-state index in [0.29, 0.717) is 19.3 Å². The van der Waals surface area contributed by atoms with Gasteiger partial charge in [-0.25, -0.2) is 0 Å². The third kappa shape index (κ3) is 58.1. The van der Waals surface area contributed by atoms with E-state index in [4.69, 9.17) is 14.2 Å². The third-order valence-electron chi connectivity index (χ3n) is 11.8. The molecule has 1 atom stereocenters. The molecule has 0 rings (SSSR count). The van der Waals surface area contributed by atoms with Gasteiger partial charge in [-0.05, 0) is 122 Å². The third-order valence-corrected chi connectivity index (χ3v) is 11.8. The van der Waals surface area contributed by atoms with E-state index in [2.05, 4.69) is 167 Å². The highest BCUT2D eigenvalue weighted by Gasteiger charge is 2.19. The molecule has 0 saturated carbocycles. The zero-order valence-electron chi connectivity index (χ0n) is 46.8. The first-order chi connectivity index (χ1) is 36.0. The number of rotatable bonds is 51. The number of esters is 3. The maximum absolute atomic E-state index is 12.8. The average Bonchev–Trinajstić information content (AvgIpc) is 3.39. The molecule has 6 heteroatoms. The zero-order chi connectivity index (χ0) is 52.9. The largest absolute Gasteiger partial charge is 0.462 e. The summed E-state index contributed by atoms with van der Waals surface area (Å²) in [4.78, 5) is 38.0. The monoisotopic (exact) mass is 1010 g/mol. The lowest BCUT2D eigenvalue weighted by atomic mass is 10.1. The molecular formula is C67H106O6. The van der Waals surface area contributed by atoms with E-state index in [1.54, 1.807) is 0 Å². The van der Waals surface area contributed by atoms with Crippen LogP contribution in [0.15, 0.2) is 146 Å². The van der Waals surface area contributed by atoms with Crippen molar-refractivity contribution in [2.45, 2.75) is 245 Å². The van der Waals surface area contributed by atoms with Crippen LogP contribution >= 0.6 is 0 Å². The van der Waals surface area contributed by atoms with E-state index < -0.39 is 6.10 Å². The molecule has 0 aliphatic carbocycles. The van der Waals surface area contributed by atoms with E-state index >= 15 is 0 Å². The van der Waals surface area contributed by atoms with Crippen molar-refractivity contribution in [3.8, 4) is 0 Å². The topological polar surface area (TPSA) is 78.9 Å². The Labute approximate surface area is 448 Å². The molecule has 6 nitrogen and oxygen atoms in total. The number of hydrogen-bond donors (Lipinski definition) is 0. The van der Waals surface area contributed by atoms with Crippen molar-refractivity contribution in [3.63, 3.8) is 0 Å². The summed E-state index contributed by atoms with van der Waals surface area (Å²) in [6.45, 7) is 6.32. The molecule has 0 aromatic heterocycles. The second-order valence-electron chi connectivity index (χ2n) is 18.8. The number of ether oxygens (including phenoxy) is 3. The zero-order valence-corrected chi connectivity index (χ0v) is 46.8. The Morgan fingerprint density at radius 2 is 0.534 bits per heavy atom. The van der Waals surface area contributed by atoms with Crippen LogP contribution < -0.4 is 0 Å².